The molecule has 0 unspecified atom stereocenters. The highest BCUT2D eigenvalue weighted by atomic mass is 16.6. The van der Waals surface area contributed by atoms with Gasteiger partial charge in [-0.25, -0.2) is 0 Å². The maximum Gasteiger partial charge on any atom is 0.317 e. The first-order valence-corrected chi connectivity index (χ1v) is 13.2. The maximum atomic E-state index is 13.1. The monoisotopic (exact) mass is 556 g/mol. The van der Waals surface area contributed by atoms with Crippen LogP contribution >= 0.6 is 0 Å². The predicted octanol–water partition coefficient (Wildman–Crippen LogP) is 5.57. The van der Waals surface area contributed by atoms with Gasteiger partial charge in [-0.2, -0.15) is 0 Å². The minimum atomic E-state index is -0.778. The third-order valence-electron chi connectivity index (χ3n) is 6.49. The number of hydrogen-bond acceptors (Lipinski definition) is 9. The Bertz CT molecular complexity index is 1250. The number of aryl methyl sites for hydroxylation is 1. The number of carbonyl (C=O) groups excluding carboxylic acids is 3. The summed E-state index contributed by atoms with van der Waals surface area (Å²) in [6.45, 7) is 11.0. The zero-order valence-corrected chi connectivity index (χ0v) is 24.8. The van der Waals surface area contributed by atoms with Gasteiger partial charge in [0.2, 0.25) is 0 Å². The fourth-order valence-electron chi connectivity index (χ4n) is 4.19. The number of rotatable bonds is 9. The second-order valence-corrected chi connectivity index (χ2v) is 11.8. The Kier molecular flexibility index (Phi) is 9.38. The molecule has 0 radical (unpaired) electrons. The van der Waals surface area contributed by atoms with Crippen molar-refractivity contribution < 1.29 is 42.8 Å². The normalized spacial score (nSPS) is 16.4. The Hall–Kier alpha value is -3.75. The fraction of sp³-hybridized carbons (Fsp3) is 0.516. The van der Waals surface area contributed by atoms with E-state index in [9.17, 15) is 14.4 Å². The van der Waals surface area contributed by atoms with E-state index in [-0.39, 0.29) is 18.3 Å². The van der Waals surface area contributed by atoms with Crippen LogP contribution in [0.3, 0.4) is 0 Å². The molecule has 40 heavy (non-hydrogen) atoms. The molecular weight excluding hydrogens is 516 g/mol. The first kappa shape index (κ1) is 30.8. The van der Waals surface area contributed by atoms with Crippen molar-refractivity contribution in [2.24, 2.45) is 10.8 Å². The molecule has 9 nitrogen and oxygen atoms in total. The van der Waals surface area contributed by atoms with Crippen molar-refractivity contribution in [3.05, 3.63) is 47.0 Å². The van der Waals surface area contributed by atoms with E-state index in [4.69, 9.17) is 28.4 Å². The largest absolute Gasteiger partial charge is 0.493 e. The first-order valence-electron chi connectivity index (χ1n) is 13.2. The number of methoxy groups -OCH3 is 3. The molecular formula is C31H40O9. The predicted molar refractivity (Wildman–Crippen MR) is 148 cm³/mol. The van der Waals surface area contributed by atoms with Crippen molar-refractivity contribution >= 4 is 17.9 Å². The minimum Gasteiger partial charge on any atom is -0.493 e. The highest BCUT2D eigenvalue weighted by Gasteiger charge is 2.43. The van der Waals surface area contributed by atoms with Crippen LogP contribution in [0.15, 0.2) is 30.3 Å². The molecule has 2 aromatic rings. The SMILES string of the molecule is COC(=O)[C@H]1c2cc(CCCOC(=O)C(C)(C)C)cc(OC)c2O[C@H]1c1ccc(OC(=O)C(C)(C)C)c(OC)c1. The third-order valence-corrected chi connectivity index (χ3v) is 6.49. The number of carbonyl (C=O) groups is 3. The average Bonchev–Trinajstić information content (AvgIpc) is 3.28. The molecule has 0 spiro atoms. The van der Waals surface area contributed by atoms with Crippen molar-refractivity contribution in [2.75, 3.05) is 27.9 Å². The van der Waals surface area contributed by atoms with Crippen molar-refractivity contribution in [1.29, 1.82) is 0 Å². The Morgan fingerprint density at radius 2 is 1.48 bits per heavy atom. The number of ether oxygens (including phenoxy) is 6. The van der Waals surface area contributed by atoms with Gasteiger partial charge in [0.25, 0.3) is 0 Å². The third kappa shape index (κ3) is 6.87. The van der Waals surface area contributed by atoms with Gasteiger partial charge in [-0.15, -0.1) is 0 Å². The van der Waals surface area contributed by atoms with Crippen LogP contribution in [0.5, 0.6) is 23.0 Å². The molecule has 0 bridgehead atoms. The van der Waals surface area contributed by atoms with Crippen molar-refractivity contribution in [3.8, 4) is 23.0 Å². The molecule has 0 aromatic heterocycles. The zero-order chi connectivity index (χ0) is 29.8. The number of fused-ring (bicyclic) bond motifs is 1. The van der Waals surface area contributed by atoms with Crippen LogP contribution in [-0.4, -0.2) is 45.8 Å². The molecule has 0 saturated carbocycles. The molecule has 0 saturated heterocycles. The van der Waals surface area contributed by atoms with Crippen LogP contribution < -0.4 is 18.9 Å². The lowest BCUT2D eigenvalue weighted by Gasteiger charge is -2.21. The van der Waals surface area contributed by atoms with Crippen LogP contribution in [-0.2, 0) is 30.3 Å². The molecule has 1 aliphatic heterocycles. The van der Waals surface area contributed by atoms with E-state index in [1.165, 1.54) is 21.3 Å². The lowest BCUT2D eigenvalue weighted by Crippen LogP contribution is -2.25. The van der Waals surface area contributed by atoms with Gasteiger partial charge in [-0.3, -0.25) is 14.4 Å². The summed E-state index contributed by atoms with van der Waals surface area (Å²) in [6, 6.07) is 8.81. The Labute approximate surface area is 236 Å². The quantitative estimate of drug-likeness (QED) is 0.223. The average molecular weight is 557 g/mol. The summed E-state index contributed by atoms with van der Waals surface area (Å²) in [4.78, 5) is 37.6. The first-order chi connectivity index (χ1) is 18.7. The standard InChI is InChI=1S/C31H40O9/c1-30(2,3)28(33)38-14-10-11-18-15-20-24(27(32)37-9)25(40-26(20)23(16-18)36-8)19-12-13-21(22(17-19)35-7)39-29(34)31(4,5)6/h12-13,15-17,24-25H,10-11,14H2,1-9H3/t24-,25-/m0/s1. The van der Waals surface area contributed by atoms with E-state index in [0.29, 0.717) is 41.2 Å². The summed E-state index contributed by atoms with van der Waals surface area (Å²) in [7, 11) is 4.34. The Balaban J connectivity index is 1.90. The van der Waals surface area contributed by atoms with E-state index < -0.39 is 34.8 Å². The van der Waals surface area contributed by atoms with Crippen LogP contribution in [0.1, 0.15) is 76.7 Å². The van der Waals surface area contributed by atoms with Gasteiger partial charge >= 0.3 is 17.9 Å². The molecule has 3 rings (SSSR count). The van der Waals surface area contributed by atoms with E-state index in [2.05, 4.69) is 0 Å². The van der Waals surface area contributed by atoms with E-state index >= 15 is 0 Å². The highest BCUT2D eigenvalue weighted by molar-refractivity contribution is 5.83. The molecule has 0 aliphatic carbocycles. The van der Waals surface area contributed by atoms with Crippen molar-refractivity contribution in [2.45, 2.75) is 66.4 Å². The molecule has 9 heteroatoms. The van der Waals surface area contributed by atoms with Crippen molar-refractivity contribution in [3.63, 3.8) is 0 Å². The summed E-state index contributed by atoms with van der Waals surface area (Å²) < 4.78 is 33.6. The summed E-state index contributed by atoms with van der Waals surface area (Å²) in [6.07, 6.45) is 0.463. The molecule has 2 atom stereocenters. The Morgan fingerprint density at radius 3 is 2.05 bits per heavy atom. The van der Waals surface area contributed by atoms with Gasteiger partial charge in [0.15, 0.2) is 23.0 Å². The van der Waals surface area contributed by atoms with Crippen LogP contribution in [0.4, 0.5) is 0 Å². The van der Waals surface area contributed by atoms with Gasteiger partial charge in [-0.1, -0.05) is 12.1 Å². The zero-order valence-electron chi connectivity index (χ0n) is 24.8. The molecule has 1 aliphatic rings. The minimum absolute atomic E-state index is 0.254. The maximum absolute atomic E-state index is 13.1. The van der Waals surface area contributed by atoms with Gasteiger partial charge in [-0.05, 0) is 83.7 Å². The highest BCUT2D eigenvalue weighted by Crippen LogP contribution is 2.52. The molecule has 0 fully saturated rings. The van der Waals surface area contributed by atoms with Crippen LogP contribution in [0, 0.1) is 10.8 Å². The van der Waals surface area contributed by atoms with Crippen LogP contribution in [0.25, 0.3) is 0 Å². The summed E-state index contributed by atoms with van der Waals surface area (Å²) >= 11 is 0. The summed E-state index contributed by atoms with van der Waals surface area (Å²) in [5, 5.41) is 0. The molecule has 1 heterocycles. The van der Waals surface area contributed by atoms with Crippen LogP contribution in [0.2, 0.25) is 0 Å². The lowest BCUT2D eigenvalue weighted by atomic mass is 9.89. The fourth-order valence-corrected chi connectivity index (χ4v) is 4.19. The summed E-state index contributed by atoms with van der Waals surface area (Å²) in [5.41, 5.74) is 0.920. The van der Waals surface area contributed by atoms with Gasteiger partial charge in [0, 0.05) is 5.56 Å². The van der Waals surface area contributed by atoms with E-state index in [1.54, 1.807) is 39.0 Å². The second-order valence-electron chi connectivity index (χ2n) is 11.8. The number of esters is 3. The summed E-state index contributed by atoms with van der Waals surface area (Å²) in [5.74, 6) is -0.369. The topological polar surface area (TPSA) is 107 Å². The second kappa shape index (κ2) is 12.2. The molecule has 0 N–H and O–H groups in total. The van der Waals surface area contributed by atoms with Gasteiger partial charge < -0.3 is 28.4 Å². The lowest BCUT2D eigenvalue weighted by molar-refractivity contribution is -0.153. The molecule has 218 valence electrons. The molecule has 0 amide bonds. The van der Waals surface area contributed by atoms with Gasteiger partial charge in [0.05, 0.1) is 38.8 Å². The van der Waals surface area contributed by atoms with E-state index in [0.717, 1.165) is 5.56 Å². The van der Waals surface area contributed by atoms with Crippen molar-refractivity contribution in [1.82, 2.24) is 0 Å². The Morgan fingerprint density at radius 1 is 0.825 bits per heavy atom. The number of hydrogen-bond donors (Lipinski definition) is 0. The molecule has 2 aromatic carbocycles. The van der Waals surface area contributed by atoms with Gasteiger partial charge in [0.1, 0.15) is 12.0 Å². The van der Waals surface area contributed by atoms with E-state index in [1.807, 2.05) is 32.9 Å². The number of benzene rings is 2. The smallest absolute Gasteiger partial charge is 0.317 e.